The number of rotatable bonds is 0. The van der Waals surface area contributed by atoms with E-state index in [1.165, 1.54) is 6.39 Å². The van der Waals surface area contributed by atoms with E-state index in [2.05, 4.69) is 14.5 Å². The second kappa shape index (κ2) is 2.45. The lowest BCUT2D eigenvalue weighted by atomic mass is 10.2. The van der Waals surface area contributed by atoms with Crippen LogP contribution in [-0.2, 0) is 19.4 Å². The third-order valence-electron chi connectivity index (χ3n) is 2.43. The van der Waals surface area contributed by atoms with E-state index in [1.807, 2.05) is 12.4 Å². The van der Waals surface area contributed by atoms with E-state index < -0.39 is 0 Å². The fraction of sp³-hybridized carbons (Fsp3) is 0.333. The molecular formula is C9H9N3O. The van der Waals surface area contributed by atoms with Crippen LogP contribution in [-0.4, -0.2) is 14.5 Å². The quantitative estimate of drug-likeness (QED) is 0.600. The van der Waals surface area contributed by atoms with E-state index in [0.717, 1.165) is 36.7 Å². The first-order valence-electron chi connectivity index (χ1n) is 4.35. The van der Waals surface area contributed by atoms with Crippen LogP contribution in [0, 0.1) is 0 Å². The Labute approximate surface area is 75.2 Å². The monoisotopic (exact) mass is 175 g/mol. The summed E-state index contributed by atoms with van der Waals surface area (Å²) in [6.07, 6.45) is 7.06. The summed E-state index contributed by atoms with van der Waals surface area (Å²) in [7, 11) is 0. The van der Waals surface area contributed by atoms with Gasteiger partial charge in [-0.25, -0.2) is 9.97 Å². The average Bonchev–Trinajstić information content (AvgIpc) is 2.72. The van der Waals surface area contributed by atoms with Crippen LogP contribution in [0.25, 0.3) is 0 Å². The van der Waals surface area contributed by atoms with E-state index in [4.69, 9.17) is 4.42 Å². The zero-order valence-electron chi connectivity index (χ0n) is 7.10. The molecule has 3 heterocycles. The van der Waals surface area contributed by atoms with Crippen LogP contribution in [0.4, 0.5) is 0 Å². The minimum atomic E-state index is 0.791. The lowest BCUT2D eigenvalue weighted by molar-refractivity contribution is 0.488. The van der Waals surface area contributed by atoms with Gasteiger partial charge in [-0.3, -0.25) is 0 Å². The van der Waals surface area contributed by atoms with Gasteiger partial charge in [0.05, 0.1) is 12.1 Å². The molecule has 1 aliphatic heterocycles. The number of aryl methyl sites for hydroxylation is 2. The molecule has 0 spiro atoms. The van der Waals surface area contributed by atoms with E-state index in [0.29, 0.717) is 0 Å². The molecule has 1 aliphatic rings. The molecule has 0 aliphatic carbocycles. The highest BCUT2D eigenvalue weighted by Crippen LogP contribution is 2.17. The molecule has 0 aromatic carbocycles. The van der Waals surface area contributed by atoms with Gasteiger partial charge >= 0.3 is 0 Å². The summed E-state index contributed by atoms with van der Waals surface area (Å²) in [5.74, 6) is 2.08. The zero-order valence-corrected chi connectivity index (χ0v) is 7.10. The molecule has 0 radical (unpaired) electrons. The Bertz CT molecular complexity index is 389. The van der Waals surface area contributed by atoms with Crippen LogP contribution < -0.4 is 0 Å². The fourth-order valence-corrected chi connectivity index (χ4v) is 1.72. The van der Waals surface area contributed by atoms with E-state index in [-0.39, 0.29) is 0 Å². The largest absolute Gasteiger partial charge is 0.448 e. The van der Waals surface area contributed by atoms with E-state index in [9.17, 15) is 0 Å². The smallest absolute Gasteiger partial charge is 0.181 e. The molecule has 66 valence electrons. The Hall–Kier alpha value is -1.58. The maximum atomic E-state index is 5.28. The SMILES string of the molecule is c1cn2c(n1)Cc1ncoc1CC2. The van der Waals surface area contributed by atoms with Crippen molar-refractivity contribution in [2.75, 3.05) is 0 Å². The third-order valence-corrected chi connectivity index (χ3v) is 2.43. The van der Waals surface area contributed by atoms with Gasteiger partial charge in [0.15, 0.2) is 6.39 Å². The molecule has 3 rings (SSSR count). The van der Waals surface area contributed by atoms with Gasteiger partial charge in [-0.1, -0.05) is 0 Å². The number of imidazole rings is 1. The normalized spacial score (nSPS) is 14.8. The number of hydrogen-bond donors (Lipinski definition) is 0. The summed E-state index contributed by atoms with van der Waals surface area (Å²) >= 11 is 0. The van der Waals surface area contributed by atoms with Crippen LogP contribution in [0.3, 0.4) is 0 Å². The van der Waals surface area contributed by atoms with Gasteiger partial charge in [0.25, 0.3) is 0 Å². The predicted molar refractivity (Wildman–Crippen MR) is 45.2 cm³/mol. The summed E-state index contributed by atoms with van der Waals surface area (Å²) in [5, 5.41) is 0. The molecule has 4 heteroatoms. The minimum Gasteiger partial charge on any atom is -0.448 e. The molecule has 0 N–H and O–H groups in total. The summed E-state index contributed by atoms with van der Waals surface area (Å²) < 4.78 is 7.43. The number of hydrogen-bond acceptors (Lipinski definition) is 3. The molecule has 2 aromatic heterocycles. The van der Waals surface area contributed by atoms with Gasteiger partial charge in [0.1, 0.15) is 11.6 Å². The zero-order chi connectivity index (χ0) is 8.67. The van der Waals surface area contributed by atoms with Crippen molar-refractivity contribution in [3.8, 4) is 0 Å². The standard InChI is InChI=1S/C9H9N3O/c1-3-12-4-2-10-9(12)5-7-8(1)13-6-11-7/h2,4,6H,1,3,5H2. The molecule has 13 heavy (non-hydrogen) atoms. The Morgan fingerprint density at radius 2 is 2.38 bits per heavy atom. The van der Waals surface area contributed by atoms with Gasteiger partial charge in [-0.05, 0) is 0 Å². The molecule has 0 atom stereocenters. The Morgan fingerprint density at radius 1 is 1.38 bits per heavy atom. The molecule has 0 fully saturated rings. The molecule has 0 amide bonds. The van der Waals surface area contributed by atoms with Gasteiger partial charge in [-0.2, -0.15) is 0 Å². The van der Waals surface area contributed by atoms with Gasteiger partial charge in [0.2, 0.25) is 0 Å². The summed E-state index contributed by atoms with van der Waals surface area (Å²) in [5.41, 5.74) is 1.03. The van der Waals surface area contributed by atoms with Crippen LogP contribution in [0.5, 0.6) is 0 Å². The van der Waals surface area contributed by atoms with Crippen molar-refractivity contribution in [3.63, 3.8) is 0 Å². The Morgan fingerprint density at radius 3 is 3.38 bits per heavy atom. The predicted octanol–water partition coefficient (Wildman–Crippen LogP) is 1.02. The van der Waals surface area contributed by atoms with Gasteiger partial charge < -0.3 is 8.98 Å². The van der Waals surface area contributed by atoms with Crippen molar-refractivity contribution in [3.05, 3.63) is 36.1 Å². The highest BCUT2D eigenvalue weighted by atomic mass is 16.3. The number of nitrogens with zero attached hydrogens (tertiary/aromatic N) is 3. The Kier molecular flexibility index (Phi) is 1.30. The van der Waals surface area contributed by atoms with Crippen molar-refractivity contribution >= 4 is 0 Å². The molecule has 4 nitrogen and oxygen atoms in total. The lowest BCUT2D eigenvalue weighted by Crippen LogP contribution is -2.00. The van der Waals surface area contributed by atoms with Crippen molar-refractivity contribution in [1.82, 2.24) is 14.5 Å². The highest BCUT2D eigenvalue weighted by Gasteiger charge is 2.16. The van der Waals surface area contributed by atoms with Crippen molar-refractivity contribution in [1.29, 1.82) is 0 Å². The summed E-state index contributed by atoms with van der Waals surface area (Å²) in [6.45, 7) is 0.942. The van der Waals surface area contributed by atoms with E-state index >= 15 is 0 Å². The summed E-state index contributed by atoms with van der Waals surface area (Å²) in [4.78, 5) is 8.45. The lowest BCUT2D eigenvalue weighted by Gasteiger charge is -1.99. The maximum Gasteiger partial charge on any atom is 0.181 e. The molecule has 0 saturated carbocycles. The topological polar surface area (TPSA) is 43.9 Å². The molecule has 0 bridgehead atoms. The van der Waals surface area contributed by atoms with Crippen molar-refractivity contribution < 1.29 is 4.42 Å². The first kappa shape index (κ1) is 6.88. The fourth-order valence-electron chi connectivity index (χ4n) is 1.72. The molecule has 2 aromatic rings. The number of aromatic nitrogens is 3. The molecule has 0 saturated heterocycles. The van der Waals surface area contributed by atoms with Crippen LogP contribution in [0.1, 0.15) is 17.3 Å². The second-order valence-corrected chi connectivity index (χ2v) is 3.19. The van der Waals surface area contributed by atoms with E-state index in [1.54, 1.807) is 0 Å². The van der Waals surface area contributed by atoms with Gasteiger partial charge in [0, 0.05) is 25.4 Å². The van der Waals surface area contributed by atoms with Crippen LogP contribution >= 0.6 is 0 Å². The molecule has 0 unspecified atom stereocenters. The molecular weight excluding hydrogens is 166 g/mol. The van der Waals surface area contributed by atoms with Crippen LogP contribution in [0.15, 0.2) is 23.2 Å². The number of fused-ring (bicyclic) bond motifs is 2. The first-order chi connectivity index (χ1) is 6.43. The first-order valence-corrected chi connectivity index (χ1v) is 4.35. The Balaban J connectivity index is 2.10. The van der Waals surface area contributed by atoms with Crippen LogP contribution in [0.2, 0.25) is 0 Å². The maximum absolute atomic E-state index is 5.28. The summed E-state index contributed by atoms with van der Waals surface area (Å²) in [6, 6.07) is 0. The number of oxazole rings is 1. The third kappa shape index (κ3) is 0.983. The second-order valence-electron chi connectivity index (χ2n) is 3.19. The minimum absolute atomic E-state index is 0.791. The van der Waals surface area contributed by atoms with Crippen molar-refractivity contribution in [2.45, 2.75) is 19.4 Å². The average molecular weight is 175 g/mol. The van der Waals surface area contributed by atoms with Crippen molar-refractivity contribution in [2.24, 2.45) is 0 Å². The van der Waals surface area contributed by atoms with Gasteiger partial charge in [-0.15, -0.1) is 0 Å². The highest BCUT2D eigenvalue weighted by molar-refractivity contribution is 5.16.